The summed E-state index contributed by atoms with van der Waals surface area (Å²) >= 11 is 6.90. The topological polar surface area (TPSA) is 56.7 Å². The molecule has 4 rings (SSSR count). The second-order valence-corrected chi connectivity index (χ2v) is 7.11. The highest BCUT2D eigenvalue weighted by Gasteiger charge is 2.27. The maximum Gasteiger partial charge on any atom is 0.147 e. The summed E-state index contributed by atoms with van der Waals surface area (Å²) in [5.41, 5.74) is 11.6. The SMILES string of the molecule is Cc1ccc(C)c(-c2c(Cl)n(C3CCCC3)c3ncnc(N)c23)c1. The Hall–Kier alpha value is -2.07. The van der Waals surface area contributed by atoms with Crippen molar-refractivity contribution in [2.24, 2.45) is 0 Å². The number of nitrogens with zero attached hydrogens (tertiary/aromatic N) is 3. The maximum absolute atomic E-state index is 6.90. The van der Waals surface area contributed by atoms with Crippen LogP contribution in [0.2, 0.25) is 5.15 Å². The van der Waals surface area contributed by atoms with Crippen LogP contribution >= 0.6 is 11.6 Å². The molecule has 0 atom stereocenters. The molecule has 1 aliphatic carbocycles. The Kier molecular flexibility index (Phi) is 3.72. The van der Waals surface area contributed by atoms with E-state index in [9.17, 15) is 0 Å². The molecular formula is C19H21ClN4. The van der Waals surface area contributed by atoms with E-state index in [1.807, 2.05) is 0 Å². The lowest BCUT2D eigenvalue weighted by molar-refractivity contribution is 0.533. The molecule has 0 saturated heterocycles. The number of hydrogen-bond acceptors (Lipinski definition) is 3. The van der Waals surface area contributed by atoms with Crippen LogP contribution < -0.4 is 5.73 Å². The summed E-state index contributed by atoms with van der Waals surface area (Å²) in [5.74, 6) is 0.495. The van der Waals surface area contributed by atoms with Gasteiger partial charge < -0.3 is 10.3 Å². The Bertz CT molecular complexity index is 923. The van der Waals surface area contributed by atoms with E-state index in [1.54, 1.807) is 0 Å². The van der Waals surface area contributed by atoms with Gasteiger partial charge in [-0.25, -0.2) is 9.97 Å². The first-order valence-electron chi connectivity index (χ1n) is 8.45. The highest BCUT2D eigenvalue weighted by molar-refractivity contribution is 6.35. The summed E-state index contributed by atoms with van der Waals surface area (Å²) in [6, 6.07) is 6.80. The minimum Gasteiger partial charge on any atom is -0.383 e. The number of hydrogen-bond donors (Lipinski definition) is 1. The van der Waals surface area contributed by atoms with Crippen molar-refractivity contribution in [2.45, 2.75) is 45.6 Å². The van der Waals surface area contributed by atoms with Crippen LogP contribution in [0.1, 0.15) is 42.9 Å². The Morgan fingerprint density at radius 1 is 1.17 bits per heavy atom. The molecule has 2 aromatic heterocycles. The second kappa shape index (κ2) is 5.78. The van der Waals surface area contributed by atoms with E-state index >= 15 is 0 Å². The maximum atomic E-state index is 6.90. The smallest absolute Gasteiger partial charge is 0.147 e. The summed E-state index contributed by atoms with van der Waals surface area (Å²) in [6.07, 6.45) is 6.28. The molecule has 0 unspecified atom stereocenters. The van der Waals surface area contributed by atoms with Gasteiger partial charge in [0.25, 0.3) is 0 Å². The van der Waals surface area contributed by atoms with Crippen LogP contribution in [0.5, 0.6) is 0 Å². The van der Waals surface area contributed by atoms with E-state index in [1.165, 1.54) is 30.3 Å². The van der Waals surface area contributed by atoms with Crippen molar-refractivity contribution in [3.63, 3.8) is 0 Å². The summed E-state index contributed by atoms with van der Waals surface area (Å²) < 4.78 is 2.18. The van der Waals surface area contributed by atoms with Gasteiger partial charge in [0.2, 0.25) is 0 Å². The molecule has 5 heteroatoms. The molecule has 1 aromatic carbocycles. The van der Waals surface area contributed by atoms with Crippen molar-refractivity contribution in [2.75, 3.05) is 5.73 Å². The largest absolute Gasteiger partial charge is 0.383 e. The van der Waals surface area contributed by atoms with Crippen LogP contribution in [0, 0.1) is 13.8 Å². The molecule has 0 amide bonds. The molecule has 1 aliphatic rings. The Labute approximate surface area is 146 Å². The van der Waals surface area contributed by atoms with Gasteiger partial charge in [-0.15, -0.1) is 0 Å². The molecule has 1 fully saturated rings. The number of nitrogen functional groups attached to an aromatic ring is 1. The molecule has 3 aromatic rings. The van der Waals surface area contributed by atoms with Crippen molar-refractivity contribution in [1.29, 1.82) is 0 Å². The lowest BCUT2D eigenvalue weighted by atomic mass is 9.98. The quantitative estimate of drug-likeness (QED) is 0.708. The van der Waals surface area contributed by atoms with E-state index in [0.29, 0.717) is 11.9 Å². The number of fused-ring (bicyclic) bond motifs is 1. The average Bonchev–Trinajstić information content (AvgIpc) is 3.16. The van der Waals surface area contributed by atoms with Crippen LogP contribution in [0.3, 0.4) is 0 Å². The first-order valence-corrected chi connectivity index (χ1v) is 8.83. The van der Waals surface area contributed by atoms with Crippen LogP contribution in [-0.2, 0) is 0 Å². The van der Waals surface area contributed by atoms with Gasteiger partial charge in [-0.3, -0.25) is 0 Å². The third-order valence-corrected chi connectivity index (χ3v) is 5.48. The van der Waals surface area contributed by atoms with Gasteiger partial charge in [-0.1, -0.05) is 48.2 Å². The van der Waals surface area contributed by atoms with Crippen molar-refractivity contribution in [3.05, 3.63) is 40.8 Å². The first kappa shape index (κ1) is 15.5. The Balaban J connectivity index is 2.08. The fraction of sp³-hybridized carbons (Fsp3) is 0.368. The molecule has 4 nitrogen and oxygen atoms in total. The second-order valence-electron chi connectivity index (χ2n) is 6.75. The van der Waals surface area contributed by atoms with Crippen LogP contribution in [-0.4, -0.2) is 14.5 Å². The summed E-state index contributed by atoms with van der Waals surface area (Å²) in [7, 11) is 0. The highest BCUT2D eigenvalue weighted by atomic mass is 35.5. The molecule has 0 aliphatic heterocycles. The Morgan fingerprint density at radius 2 is 1.92 bits per heavy atom. The monoisotopic (exact) mass is 340 g/mol. The first-order chi connectivity index (χ1) is 11.6. The van der Waals surface area contributed by atoms with Crippen molar-refractivity contribution in [3.8, 4) is 11.1 Å². The summed E-state index contributed by atoms with van der Waals surface area (Å²) in [6.45, 7) is 4.19. The van der Waals surface area contributed by atoms with Gasteiger partial charge in [0.1, 0.15) is 22.9 Å². The Morgan fingerprint density at radius 3 is 2.67 bits per heavy atom. The summed E-state index contributed by atoms with van der Waals surface area (Å²) in [4.78, 5) is 8.75. The highest BCUT2D eigenvalue weighted by Crippen LogP contribution is 2.45. The van der Waals surface area contributed by atoms with Crippen molar-refractivity contribution >= 4 is 28.5 Å². The molecule has 2 heterocycles. The molecule has 0 bridgehead atoms. The predicted molar refractivity (Wildman–Crippen MR) is 99.4 cm³/mol. The lowest BCUT2D eigenvalue weighted by Crippen LogP contribution is -2.05. The van der Waals surface area contributed by atoms with Gasteiger partial charge in [0, 0.05) is 11.6 Å². The number of benzene rings is 1. The molecule has 1 saturated carbocycles. The summed E-state index contributed by atoms with van der Waals surface area (Å²) in [5, 5.41) is 1.61. The third kappa shape index (κ3) is 2.28. The fourth-order valence-electron chi connectivity index (χ4n) is 3.88. The molecule has 0 radical (unpaired) electrons. The van der Waals surface area contributed by atoms with Crippen molar-refractivity contribution in [1.82, 2.24) is 14.5 Å². The minimum absolute atomic E-state index is 0.396. The number of rotatable bonds is 2. The van der Waals surface area contributed by atoms with Gasteiger partial charge in [-0.05, 0) is 37.8 Å². The predicted octanol–water partition coefficient (Wildman–Crippen LogP) is 5.07. The lowest BCUT2D eigenvalue weighted by Gasteiger charge is -2.14. The van der Waals surface area contributed by atoms with Crippen molar-refractivity contribution < 1.29 is 0 Å². The van der Waals surface area contributed by atoms with E-state index in [0.717, 1.165) is 40.2 Å². The molecular weight excluding hydrogens is 320 g/mol. The third-order valence-electron chi connectivity index (χ3n) is 5.10. The minimum atomic E-state index is 0.396. The average molecular weight is 341 g/mol. The normalized spacial score (nSPS) is 15.5. The van der Waals surface area contributed by atoms with Gasteiger partial charge in [0.15, 0.2) is 0 Å². The molecule has 2 N–H and O–H groups in total. The zero-order valence-electron chi connectivity index (χ0n) is 14.0. The van der Waals surface area contributed by atoms with Gasteiger partial charge >= 0.3 is 0 Å². The van der Waals surface area contributed by atoms with E-state index in [2.05, 4.69) is 46.6 Å². The van der Waals surface area contributed by atoms with Gasteiger partial charge in [-0.2, -0.15) is 0 Å². The number of aryl methyl sites for hydroxylation is 2. The number of anilines is 1. The van der Waals surface area contributed by atoms with Crippen LogP contribution in [0.15, 0.2) is 24.5 Å². The zero-order valence-corrected chi connectivity index (χ0v) is 14.8. The number of nitrogens with two attached hydrogens (primary N) is 1. The van der Waals surface area contributed by atoms with Crippen LogP contribution in [0.4, 0.5) is 5.82 Å². The zero-order chi connectivity index (χ0) is 16.8. The van der Waals surface area contributed by atoms with E-state index in [4.69, 9.17) is 17.3 Å². The fourth-order valence-corrected chi connectivity index (χ4v) is 4.29. The standard InChI is InChI=1S/C19H21ClN4/c1-11-7-8-12(2)14(9-11)15-16-18(21)22-10-23-19(16)24(17(15)20)13-5-3-4-6-13/h7-10,13H,3-6H2,1-2H3,(H2,21,22,23). The van der Waals surface area contributed by atoms with Crippen LogP contribution in [0.25, 0.3) is 22.2 Å². The number of halogens is 1. The number of aromatic nitrogens is 3. The van der Waals surface area contributed by atoms with Gasteiger partial charge in [0.05, 0.1) is 5.39 Å². The molecule has 24 heavy (non-hydrogen) atoms. The van der Waals surface area contributed by atoms with E-state index in [-0.39, 0.29) is 0 Å². The molecule has 0 spiro atoms. The van der Waals surface area contributed by atoms with E-state index < -0.39 is 0 Å². The molecule has 124 valence electrons.